The van der Waals surface area contributed by atoms with E-state index in [0.717, 1.165) is 15.6 Å². The van der Waals surface area contributed by atoms with Gasteiger partial charge in [0.2, 0.25) is 0 Å². The largest absolute Gasteiger partial charge is 0.339 e. The number of benzene rings is 1. The Kier molecular flexibility index (Phi) is 3.92. The van der Waals surface area contributed by atoms with E-state index < -0.39 is 17.2 Å². The molecule has 0 aliphatic carbocycles. The molecule has 3 rings (SSSR count). The Hall–Kier alpha value is -2.96. The predicted molar refractivity (Wildman–Crippen MR) is 85.7 cm³/mol. The second-order valence-corrected chi connectivity index (χ2v) is 5.20. The lowest BCUT2D eigenvalue weighted by atomic mass is 10.2. The fraction of sp³-hybridized carbons (Fsp3) is 0.250. The summed E-state index contributed by atoms with van der Waals surface area (Å²) in [6.07, 6.45) is 2.82. The molecule has 0 bridgehead atoms. The molecule has 2 heterocycles. The molecule has 0 unspecified atom stereocenters. The smallest absolute Gasteiger partial charge is 0.339 e. The summed E-state index contributed by atoms with van der Waals surface area (Å²) < 4.78 is 2.04. The maximum atomic E-state index is 12.7. The number of carbonyl (C=O) groups is 1. The molecule has 118 valence electrons. The molecular formula is C16H16N4O3. The first-order valence-electron chi connectivity index (χ1n) is 7.43. The van der Waals surface area contributed by atoms with Crippen LogP contribution in [0.2, 0.25) is 0 Å². The van der Waals surface area contributed by atoms with Crippen LogP contribution in [-0.4, -0.2) is 25.0 Å². The third-order valence-corrected chi connectivity index (χ3v) is 3.67. The number of aromatic nitrogens is 4. The van der Waals surface area contributed by atoms with E-state index in [1.54, 1.807) is 30.3 Å². The third kappa shape index (κ3) is 2.50. The second-order valence-electron chi connectivity index (χ2n) is 5.20. The molecule has 7 heteroatoms. The van der Waals surface area contributed by atoms with Gasteiger partial charge in [-0.25, -0.2) is 14.3 Å². The zero-order valence-electron chi connectivity index (χ0n) is 12.7. The number of hydrogen-bond donors (Lipinski definition) is 1. The van der Waals surface area contributed by atoms with Crippen molar-refractivity contribution in [3.63, 3.8) is 0 Å². The molecular weight excluding hydrogens is 296 g/mol. The Morgan fingerprint density at radius 2 is 1.96 bits per heavy atom. The van der Waals surface area contributed by atoms with Crippen molar-refractivity contribution in [1.29, 1.82) is 0 Å². The van der Waals surface area contributed by atoms with Gasteiger partial charge in [-0.1, -0.05) is 31.5 Å². The fourth-order valence-electron chi connectivity index (χ4n) is 2.45. The van der Waals surface area contributed by atoms with Crippen molar-refractivity contribution in [3.05, 3.63) is 63.1 Å². The maximum absolute atomic E-state index is 12.7. The number of unbranched alkanes of at least 4 members (excludes halogenated alkanes) is 1. The molecule has 7 nitrogen and oxygen atoms in total. The van der Waals surface area contributed by atoms with Gasteiger partial charge in [0.15, 0.2) is 5.65 Å². The highest BCUT2D eigenvalue weighted by atomic mass is 16.2. The predicted octanol–water partition coefficient (Wildman–Crippen LogP) is 1.37. The summed E-state index contributed by atoms with van der Waals surface area (Å²) in [6.45, 7) is 2.23. The van der Waals surface area contributed by atoms with E-state index in [-0.39, 0.29) is 17.7 Å². The van der Waals surface area contributed by atoms with Crippen molar-refractivity contribution >= 4 is 17.1 Å². The van der Waals surface area contributed by atoms with Crippen molar-refractivity contribution < 1.29 is 4.79 Å². The zero-order valence-corrected chi connectivity index (χ0v) is 12.7. The van der Waals surface area contributed by atoms with Crippen LogP contribution in [0.5, 0.6) is 0 Å². The van der Waals surface area contributed by atoms with Crippen molar-refractivity contribution in [2.24, 2.45) is 0 Å². The average Bonchev–Trinajstić information content (AvgIpc) is 3.05. The number of nitrogens with one attached hydrogen (secondary N) is 1. The van der Waals surface area contributed by atoms with E-state index in [4.69, 9.17) is 0 Å². The van der Waals surface area contributed by atoms with Gasteiger partial charge in [-0.15, -0.1) is 0 Å². The van der Waals surface area contributed by atoms with Crippen LogP contribution < -0.4 is 11.2 Å². The van der Waals surface area contributed by atoms with Crippen LogP contribution >= 0.6 is 0 Å². The third-order valence-electron chi connectivity index (χ3n) is 3.67. The summed E-state index contributed by atoms with van der Waals surface area (Å²) >= 11 is 0. The normalized spacial score (nSPS) is 11.0. The van der Waals surface area contributed by atoms with Crippen LogP contribution in [0, 0.1) is 0 Å². The Labute approximate surface area is 131 Å². The number of carbonyl (C=O) groups excluding carboxylic acids is 1. The van der Waals surface area contributed by atoms with E-state index >= 15 is 0 Å². The van der Waals surface area contributed by atoms with E-state index in [0.29, 0.717) is 12.0 Å². The second kappa shape index (κ2) is 6.04. The van der Waals surface area contributed by atoms with Gasteiger partial charge in [-0.2, -0.15) is 0 Å². The minimum absolute atomic E-state index is 0.0570. The minimum atomic E-state index is -0.656. The van der Waals surface area contributed by atoms with Gasteiger partial charge < -0.3 is 4.98 Å². The summed E-state index contributed by atoms with van der Waals surface area (Å²) in [7, 11) is 0. The quantitative estimate of drug-likeness (QED) is 0.788. The molecule has 0 aliphatic rings. The zero-order chi connectivity index (χ0) is 16.4. The molecule has 2 aromatic heterocycles. The van der Waals surface area contributed by atoms with Crippen LogP contribution in [0.3, 0.4) is 0 Å². The summed E-state index contributed by atoms with van der Waals surface area (Å²) in [5.74, 6) is -0.502. The molecule has 0 spiro atoms. The number of nitrogens with zero attached hydrogens (tertiary/aromatic N) is 3. The van der Waals surface area contributed by atoms with Gasteiger partial charge in [0.1, 0.15) is 5.52 Å². The first-order chi connectivity index (χ1) is 11.1. The Balaban J connectivity index is 2.28. The van der Waals surface area contributed by atoms with E-state index in [1.165, 1.54) is 6.33 Å². The molecule has 23 heavy (non-hydrogen) atoms. The van der Waals surface area contributed by atoms with Crippen LogP contribution in [-0.2, 0) is 6.54 Å². The lowest BCUT2D eigenvalue weighted by molar-refractivity contribution is 0.0957. The highest BCUT2D eigenvalue weighted by molar-refractivity contribution is 5.99. The molecule has 3 aromatic rings. The maximum Gasteiger partial charge on any atom is 0.339 e. The summed E-state index contributed by atoms with van der Waals surface area (Å²) in [5, 5.41) is 0. The molecule has 0 fully saturated rings. The van der Waals surface area contributed by atoms with Crippen molar-refractivity contribution in [1.82, 2.24) is 19.1 Å². The topological polar surface area (TPSA) is 89.8 Å². The van der Waals surface area contributed by atoms with Crippen LogP contribution in [0.4, 0.5) is 0 Å². The fourth-order valence-corrected chi connectivity index (χ4v) is 2.45. The Bertz CT molecular complexity index is 966. The van der Waals surface area contributed by atoms with Crippen LogP contribution in [0.1, 0.15) is 30.1 Å². The molecule has 0 radical (unpaired) electrons. The Morgan fingerprint density at radius 3 is 2.65 bits per heavy atom. The number of hydrogen-bond acceptors (Lipinski definition) is 4. The molecule has 0 atom stereocenters. The van der Waals surface area contributed by atoms with Gasteiger partial charge in [-0.3, -0.25) is 14.2 Å². The summed E-state index contributed by atoms with van der Waals surface area (Å²) in [5.41, 5.74) is -0.531. The van der Waals surface area contributed by atoms with Gasteiger partial charge in [0.25, 0.3) is 11.5 Å². The molecule has 0 aliphatic heterocycles. The lowest BCUT2D eigenvalue weighted by Gasteiger charge is -2.10. The standard InChI is InChI=1S/C16H16N4O3/c1-2-3-9-19-15(22)12-13(18-10-17-12)20(16(19)23)14(21)11-7-5-4-6-8-11/h4-8,10H,2-3,9H2,1H3,(H,17,18). The van der Waals surface area contributed by atoms with Crippen LogP contribution in [0.15, 0.2) is 46.2 Å². The monoisotopic (exact) mass is 312 g/mol. The van der Waals surface area contributed by atoms with Gasteiger partial charge >= 0.3 is 5.69 Å². The highest BCUT2D eigenvalue weighted by Gasteiger charge is 2.20. The van der Waals surface area contributed by atoms with E-state index in [9.17, 15) is 14.4 Å². The number of fused-ring (bicyclic) bond motifs is 1. The van der Waals surface area contributed by atoms with Crippen LogP contribution in [0.25, 0.3) is 11.2 Å². The molecule has 0 amide bonds. The number of imidazole rings is 1. The molecule has 0 saturated heterocycles. The number of H-pyrrole nitrogens is 1. The lowest BCUT2D eigenvalue weighted by Crippen LogP contribution is -2.42. The molecule has 1 aromatic carbocycles. The first kappa shape index (κ1) is 15.0. The SMILES string of the molecule is CCCCn1c(=O)c2[nH]cnc2n(C(=O)c2ccccc2)c1=O. The van der Waals surface area contributed by atoms with Crippen molar-refractivity contribution in [3.8, 4) is 0 Å². The minimum Gasteiger partial charge on any atom is -0.339 e. The number of rotatable bonds is 4. The highest BCUT2D eigenvalue weighted by Crippen LogP contribution is 2.07. The van der Waals surface area contributed by atoms with Gasteiger partial charge in [0, 0.05) is 12.1 Å². The molecule has 0 saturated carbocycles. The van der Waals surface area contributed by atoms with E-state index in [1.807, 2.05) is 6.92 Å². The van der Waals surface area contributed by atoms with Gasteiger partial charge in [0.05, 0.1) is 6.33 Å². The summed E-state index contributed by atoms with van der Waals surface area (Å²) in [4.78, 5) is 44.5. The van der Waals surface area contributed by atoms with Gasteiger partial charge in [-0.05, 0) is 18.6 Å². The summed E-state index contributed by atoms with van der Waals surface area (Å²) in [6, 6.07) is 8.45. The number of aromatic amines is 1. The Morgan fingerprint density at radius 1 is 1.22 bits per heavy atom. The first-order valence-corrected chi connectivity index (χ1v) is 7.43. The van der Waals surface area contributed by atoms with Crippen molar-refractivity contribution in [2.45, 2.75) is 26.3 Å². The average molecular weight is 312 g/mol. The van der Waals surface area contributed by atoms with Crippen molar-refractivity contribution in [2.75, 3.05) is 0 Å². The van der Waals surface area contributed by atoms with E-state index in [2.05, 4.69) is 9.97 Å². The molecule has 1 N–H and O–H groups in total.